The Balaban J connectivity index is 1.50. The molecule has 38 heavy (non-hydrogen) atoms. The van der Waals surface area contributed by atoms with E-state index in [1.807, 2.05) is 36.0 Å². The highest BCUT2D eigenvalue weighted by molar-refractivity contribution is 5.79. The molecule has 1 N–H and O–H groups in total. The van der Waals surface area contributed by atoms with Crippen LogP contribution in [0.3, 0.4) is 0 Å². The Morgan fingerprint density at radius 1 is 1.13 bits per heavy atom. The van der Waals surface area contributed by atoms with Crippen molar-refractivity contribution in [1.82, 2.24) is 35.1 Å². The summed E-state index contributed by atoms with van der Waals surface area (Å²) >= 11 is 0. The molecule has 9 nitrogen and oxygen atoms in total. The molecule has 4 aromatic rings. The monoisotopic (exact) mass is 513 g/mol. The zero-order valence-corrected chi connectivity index (χ0v) is 21.9. The molecule has 1 aromatic carbocycles. The van der Waals surface area contributed by atoms with Gasteiger partial charge in [-0.05, 0) is 77.7 Å². The van der Waals surface area contributed by atoms with Gasteiger partial charge in [0, 0.05) is 43.2 Å². The number of nitrogens with one attached hydrogen (secondary N) is 1. The summed E-state index contributed by atoms with van der Waals surface area (Å²) in [6.45, 7) is 4.07. The third-order valence-electron chi connectivity index (χ3n) is 7.94. The number of ether oxygens (including phenoxy) is 1. The molecule has 2 aliphatic rings. The lowest BCUT2D eigenvalue weighted by Crippen LogP contribution is -2.39. The van der Waals surface area contributed by atoms with Gasteiger partial charge in [0.15, 0.2) is 5.82 Å². The van der Waals surface area contributed by atoms with E-state index in [1.54, 1.807) is 6.20 Å². The normalized spacial score (nSPS) is 19.4. The minimum atomic E-state index is -0.439. The number of aromatic amines is 1. The minimum absolute atomic E-state index is 0.0929. The highest BCUT2D eigenvalue weighted by Crippen LogP contribution is 2.34. The predicted molar refractivity (Wildman–Crippen MR) is 145 cm³/mol. The summed E-state index contributed by atoms with van der Waals surface area (Å²) in [5, 5.41) is 14.2. The van der Waals surface area contributed by atoms with E-state index >= 15 is 0 Å². The standard InChI is InChI=1S/C29H35N7O2/c1-20-11-12-22-16-25(29(37)31-26(22)15-20)27(28-32-33-34-36(28)23-8-3-2-4-9-23)35(19-24-10-6-14-38-24)18-21-7-5-13-30-17-21/h5,7,11-13,15-17,23-24,27H,2-4,6,8-10,14,18-19H2,1H3,(H,31,37)/t24-,27-/m1/s1. The second-order valence-electron chi connectivity index (χ2n) is 10.7. The van der Waals surface area contributed by atoms with Crippen molar-refractivity contribution in [2.24, 2.45) is 0 Å². The van der Waals surface area contributed by atoms with E-state index in [2.05, 4.69) is 48.6 Å². The van der Waals surface area contributed by atoms with Gasteiger partial charge in [0.1, 0.15) is 6.04 Å². The lowest BCUT2D eigenvalue weighted by molar-refractivity contribution is 0.0567. The Labute approximate surface area is 222 Å². The number of pyridine rings is 2. The average Bonchev–Trinajstić information content (AvgIpc) is 3.63. The molecule has 2 fully saturated rings. The molecule has 0 amide bonds. The third kappa shape index (κ3) is 5.26. The van der Waals surface area contributed by atoms with Crippen LogP contribution < -0.4 is 5.56 Å². The van der Waals surface area contributed by atoms with Gasteiger partial charge in [-0.2, -0.15) is 0 Å². The van der Waals surface area contributed by atoms with E-state index in [0.29, 0.717) is 18.7 Å². The summed E-state index contributed by atoms with van der Waals surface area (Å²) in [5.41, 5.74) is 3.54. The van der Waals surface area contributed by atoms with E-state index in [1.165, 1.54) is 19.3 Å². The van der Waals surface area contributed by atoms with Gasteiger partial charge >= 0.3 is 0 Å². The van der Waals surface area contributed by atoms with Gasteiger partial charge in [-0.3, -0.25) is 14.7 Å². The molecule has 1 saturated heterocycles. The highest BCUT2D eigenvalue weighted by atomic mass is 16.5. The van der Waals surface area contributed by atoms with Crippen LogP contribution in [-0.2, 0) is 11.3 Å². The summed E-state index contributed by atoms with van der Waals surface area (Å²) in [6.07, 6.45) is 11.5. The van der Waals surface area contributed by atoms with Crippen molar-refractivity contribution >= 4 is 10.9 Å². The van der Waals surface area contributed by atoms with Crippen molar-refractivity contribution < 1.29 is 4.74 Å². The number of hydrogen-bond acceptors (Lipinski definition) is 7. The smallest absolute Gasteiger partial charge is 0.253 e. The van der Waals surface area contributed by atoms with Gasteiger partial charge < -0.3 is 9.72 Å². The van der Waals surface area contributed by atoms with Gasteiger partial charge in [0.2, 0.25) is 0 Å². The Bertz CT molecular complexity index is 1420. The largest absolute Gasteiger partial charge is 0.377 e. The third-order valence-corrected chi connectivity index (χ3v) is 7.94. The fourth-order valence-electron chi connectivity index (χ4n) is 6.04. The maximum atomic E-state index is 13.8. The van der Waals surface area contributed by atoms with Crippen molar-refractivity contribution in [2.45, 2.75) is 76.6 Å². The van der Waals surface area contributed by atoms with Crippen molar-refractivity contribution in [1.29, 1.82) is 0 Å². The molecule has 0 radical (unpaired) electrons. The maximum Gasteiger partial charge on any atom is 0.253 e. The number of aromatic nitrogens is 6. The first kappa shape index (κ1) is 24.9. The fraction of sp³-hybridized carbons (Fsp3) is 0.483. The molecule has 4 heterocycles. The van der Waals surface area contributed by atoms with Crippen molar-refractivity contribution in [3.05, 3.63) is 81.7 Å². The Morgan fingerprint density at radius 2 is 2.03 bits per heavy atom. The zero-order chi connectivity index (χ0) is 25.9. The second kappa shape index (κ2) is 11.1. The molecule has 6 rings (SSSR count). The molecule has 1 saturated carbocycles. The molecule has 2 atom stereocenters. The average molecular weight is 514 g/mol. The van der Waals surface area contributed by atoms with Crippen LogP contribution in [-0.4, -0.2) is 54.3 Å². The summed E-state index contributed by atoms with van der Waals surface area (Å²) in [5.74, 6) is 0.718. The van der Waals surface area contributed by atoms with E-state index in [4.69, 9.17) is 4.74 Å². The molecular formula is C29H35N7O2. The first-order valence-corrected chi connectivity index (χ1v) is 13.8. The number of hydrogen-bond donors (Lipinski definition) is 1. The maximum absolute atomic E-state index is 13.8. The lowest BCUT2D eigenvalue weighted by Gasteiger charge is -2.34. The first-order valence-electron chi connectivity index (χ1n) is 13.8. The summed E-state index contributed by atoms with van der Waals surface area (Å²) in [4.78, 5) is 23.6. The van der Waals surface area contributed by atoms with Crippen LogP contribution in [0, 0.1) is 6.92 Å². The number of fused-ring (bicyclic) bond motifs is 1. The van der Waals surface area contributed by atoms with Crippen molar-refractivity contribution in [3.63, 3.8) is 0 Å². The molecule has 1 aliphatic carbocycles. The van der Waals surface area contributed by atoms with Gasteiger partial charge in [0.05, 0.1) is 12.1 Å². The van der Waals surface area contributed by atoms with E-state index in [0.717, 1.165) is 60.1 Å². The summed E-state index contributed by atoms with van der Waals surface area (Å²) < 4.78 is 8.08. The lowest BCUT2D eigenvalue weighted by atomic mass is 9.95. The molecule has 198 valence electrons. The van der Waals surface area contributed by atoms with Crippen LogP contribution in [0.2, 0.25) is 0 Å². The molecule has 3 aromatic heterocycles. The molecule has 9 heteroatoms. The predicted octanol–water partition coefficient (Wildman–Crippen LogP) is 4.49. The topological polar surface area (TPSA) is 102 Å². The molecule has 0 unspecified atom stereocenters. The number of nitrogens with zero attached hydrogens (tertiary/aromatic N) is 6. The number of H-pyrrole nitrogens is 1. The number of benzene rings is 1. The Morgan fingerprint density at radius 3 is 2.82 bits per heavy atom. The summed E-state index contributed by atoms with van der Waals surface area (Å²) in [6, 6.07) is 12.0. The van der Waals surface area contributed by atoms with Crippen molar-refractivity contribution in [2.75, 3.05) is 13.2 Å². The SMILES string of the molecule is Cc1ccc2cc([C@H](c3nnnn3C3CCCCC3)N(Cc3cccnc3)C[C@H]3CCCO3)c(=O)[nH]c2c1. The number of tetrazole rings is 1. The molecule has 0 bridgehead atoms. The first-order chi connectivity index (χ1) is 18.7. The molecule has 0 spiro atoms. The zero-order valence-electron chi connectivity index (χ0n) is 21.9. The summed E-state index contributed by atoms with van der Waals surface area (Å²) in [7, 11) is 0. The van der Waals surface area contributed by atoms with E-state index in [-0.39, 0.29) is 17.7 Å². The van der Waals surface area contributed by atoms with Gasteiger partial charge in [-0.25, -0.2) is 4.68 Å². The van der Waals surface area contributed by atoms with E-state index < -0.39 is 6.04 Å². The molecular weight excluding hydrogens is 478 g/mol. The van der Waals surface area contributed by atoms with Gasteiger partial charge in [-0.1, -0.05) is 37.5 Å². The second-order valence-corrected chi connectivity index (χ2v) is 10.7. The minimum Gasteiger partial charge on any atom is -0.377 e. The van der Waals surface area contributed by atoms with Crippen LogP contribution in [0.5, 0.6) is 0 Å². The highest BCUT2D eigenvalue weighted by Gasteiger charge is 2.34. The molecule has 1 aliphatic heterocycles. The number of rotatable bonds is 8. The van der Waals surface area contributed by atoms with Crippen molar-refractivity contribution in [3.8, 4) is 0 Å². The van der Waals surface area contributed by atoms with Crippen LogP contribution in [0.1, 0.15) is 79.5 Å². The fourth-order valence-corrected chi connectivity index (χ4v) is 6.04. The van der Waals surface area contributed by atoms with Crippen LogP contribution in [0.15, 0.2) is 53.6 Å². The Kier molecular flexibility index (Phi) is 7.29. The quantitative estimate of drug-likeness (QED) is 0.370. The Hall–Kier alpha value is -3.43. The number of aryl methyl sites for hydroxylation is 1. The van der Waals surface area contributed by atoms with Crippen LogP contribution in [0.25, 0.3) is 10.9 Å². The van der Waals surface area contributed by atoms with Crippen LogP contribution in [0.4, 0.5) is 0 Å². The van der Waals surface area contributed by atoms with Gasteiger partial charge in [0.25, 0.3) is 5.56 Å². The van der Waals surface area contributed by atoms with E-state index in [9.17, 15) is 4.79 Å². The van der Waals surface area contributed by atoms with Gasteiger partial charge in [-0.15, -0.1) is 5.10 Å². The van der Waals surface area contributed by atoms with Crippen LogP contribution >= 0.6 is 0 Å².